The summed E-state index contributed by atoms with van der Waals surface area (Å²) < 4.78 is 5.44. The normalized spacial score (nSPS) is 19.6. The van der Waals surface area contributed by atoms with Gasteiger partial charge in [-0.2, -0.15) is 0 Å². The number of nitrogens with zero attached hydrogens (tertiary/aromatic N) is 1. The molecule has 2 rings (SSSR count). The molecule has 1 aromatic carbocycles. The van der Waals surface area contributed by atoms with E-state index >= 15 is 0 Å². The van der Waals surface area contributed by atoms with Crippen LogP contribution in [0.2, 0.25) is 0 Å². The first-order valence-corrected chi connectivity index (χ1v) is 6.36. The summed E-state index contributed by atoms with van der Waals surface area (Å²) in [5.74, 6) is 0.929. The Morgan fingerprint density at radius 1 is 1.39 bits per heavy atom. The summed E-state index contributed by atoms with van der Waals surface area (Å²) in [5.41, 5.74) is 0. The zero-order valence-corrected chi connectivity index (χ0v) is 10.4. The van der Waals surface area contributed by atoms with Gasteiger partial charge < -0.3 is 14.7 Å². The van der Waals surface area contributed by atoms with Crippen LogP contribution in [0.4, 0.5) is 0 Å². The Labute approximate surface area is 107 Å². The molecule has 4 heteroatoms. The van der Waals surface area contributed by atoms with Crippen molar-refractivity contribution in [2.75, 3.05) is 26.3 Å². The minimum absolute atomic E-state index is 0.00277. The van der Waals surface area contributed by atoms with Crippen LogP contribution in [0.25, 0.3) is 0 Å². The minimum atomic E-state index is -0.00277. The van der Waals surface area contributed by atoms with Crippen LogP contribution in [-0.4, -0.2) is 42.2 Å². The molecule has 1 saturated heterocycles. The van der Waals surface area contributed by atoms with Crippen LogP contribution < -0.4 is 4.74 Å². The topological polar surface area (TPSA) is 49.8 Å². The fraction of sp³-hybridized carbons (Fsp3) is 0.500. The quantitative estimate of drug-likeness (QED) is 0.875. The van der Waals surface area contributed by atoms with Crippen molar-refractivity contribution in [2.45, 2.75) is 12.8 Å². The van der Waals surface area contributed by atoms with Crippen LogP contribution >= 0.6 is 0 Å². The Morgan fingerprint density at radius 3 is 2.89 bits per heavy atom. The van der Waals surface area contributed by atoms with Gasteiger partial charge in [-0.15, -0.1) is 0 Å². The van der Waals surface area contributed by atoms with E-state index in [1.165, 1.54) is 0 Å². The Kier molecular flexibility index (Phi) is 4.59. The molecule has 0 saturated carbocycles. The number of carbonyl (C=O) groups excluding carboxylic acids is 1. The molecular formula is C14H19NO3. The lowest BCUT2D eigenvalue weighted by Gasteiger charge is -2.31. The number of carbonyl (C=O) groups is 1. The van der Waals surface area contributed by atoms with Crippen LogP contribution in [0.15, 0.2) is 30.3 Å². The molecule has 1 aliphatic heterocycles. The molecule has 0 radical (unpaired) electrons. The number of piperidine rings is 1. The summed E-state index contributed by atoms with van der Waals surface area (Å²) in [6.07, 6.45) is 1.96. The van der Waals surface area contributed by atoms with Crippen LogP contribution in [-0.2, 0) is 4.79 Å². The van der Waals surface area contributed by atoms with Crippen molar-refractivity contribution in [3.63, 3.8) is 0 Å². The molecule has 0 aromatic heterocycles. The number of hydrogen-bond acceptors (Lipinski definition) is 3. The lowest BCUT2D eigenvalue weighted by molar-refractivity contribution is -0.135. The standard InChI is InChI=1S/C14H19NO3/c16-10-12-5-4-8-15(9-12)14(17)11-18-13-6-2-1-3-7-13/h1-3,6-7,12,16H,4-5,8-11H2. The van der Waals surface area contributed by atoms with E-state index in [4.69, 9.17) is 9.84 Å². The van der Waals surface area contributed by atoms with E-state index in [2.05, 4.69) is 0 Å². The molecule has 1 unspecified atom stereocenters. The average molecular weight is 249 g/mol. The molecule has 1 N–H and O–H groups in total. The van der Waals surface area contributed by atoms with E-state index < -0.39 is 0 Å². The molecule has 1 atom stereocenters. The second-order valence-corrected chi connectivity index (χ2v) is 4.63. The van der Waals surface area contributed by atoms with Crippen molar-refractivity contribution in [2.24, 2.45) is 5.92 Å². The van der Waals surface area contributed by atoms with Crippen molar-refractivity contribution < 1.29 is 14.6 Å². The predicted octanol–water partition coefficient (Wildman–Crippen LogP) is 1.30. The van der Waals surface area contributed by atoms with Crippen molar-refractivity contribution in [3.8, 4) is 5.75 Å². The highest BCUT2D eigenvalue weighted by Crippen LogP contribution is 2.16. The molecule has 0 spiro atoms. The van der Waals surface area contributed by atoms with Crippen molar-refractivity contribution in [3.05, 3.63) is 30.3 Å². The first-order valence-electron chi connectivity index (χ1n) is 6.36. The summed E-state index contributed by atoms with van der Waals surface area (Å²) in [5, 5.41) is 9.13. The van der Waals surface area contributed by atoms with Crippen molar-refractivity contribution >= 4 is 5.91 Å². The third-order valence-electron chi connectivity index (χ3n) is 3.24. The maximum Gasteiger partial charge on any atom is 0.260 e. The number of amides is 1. The monoisotopic (exact) mass is 249 g/mol. The Morgan fingerprint density at radius 2 is 2.17 bits per heavy atom. The third-order valence-corrected chi connectivity index (χ3v) is 3.24. The molecule has 1 heterocycles. The van der Waals surface area contributed by atoms with Gasteiger partial charge in [-0.05, 0) is 30.9 Å². The van der Waals surface area contributed by atoms with Gasteiger partial charge in [-0.3, -0.25) is 4.79 Å². The molecule has 4 nitrogen and oxygen atoms in total. The number of rotatable bonds is 4. The van der Waals surface area contributed by atoms with Gasteiger partial charge in [0.15, 0.2) is 6.61 Å². The number of likely N-dealkylation sites (tertiary alicyclic amines) is 1. The van der Waals surface area contributed by atoms with Gasteiger partial charge in [-0.25, -0.2) is 0 Å². The van der Waals surface area contributed by atoms with Gasteiger partial charge in [0.25, 0.3) is 5.91 Å². The predicted molar refractivity (Wildman–Crippen MR) is 68.3 cm³/mol. The van der Waals surface area contributed by atoms with E-state index in [1.54, 1.807) is 4.90 Å². The third kappa shape index (κ3) is 3.47. The molecule has 0 bridgehead atoms. The van der Waals surface area contributed by atoms with Gasteiger partial charge >= 0.3 is 0 Å². The van der Waals surface area contributed by atoms with Gasteiger partial charge in [0.1, 0.15) is 5.75 Å². The number of para-hydroxylation sites is 1. The lowest BCUT2D eigenvalue weighted by atomic mass is 9.99. The number of benzene rings is 1. The Balaban J connectivity index is 1.81. The second kappa shape index (κ2) is 6.40. The van der Waals surface area contributed by atoms with Gasteiger partial charge in [0, 0.05) is 19.7 Å². The van der Waals surface area contributed by atoms with E-state index in [1.807, 2.05) is 30.3 Å². The minimum Gasteiger partial charge on any atom is -0.484 e. The summed E-state index contributed by atoms with van der Waals surface area (Å²) >= 11 is 0. The molecule has 1 fully saturated rings. The summed E-state index contributed by atoms with van der Waals surface area (Å²) in [6.45, 7) is 1.65. The fourth-order valence-electron chi connectivity index (χ4n) is 2.19. The maximum atomic E-state index is 12.0. The van der Waals surface area contributed by atoms with Crippen molar-refractivity contribution in [1.29, 1.82) is 0 Å². The zero-order chi connectivity index (χ0) is 12.8. The van der Waals surface area contributed by atoms with E-state index in [0.29, 0.717) is 12.3 Å². The van der Waals surface area contributed by atoms with Crippen LogP contribution in [0.5, 0.6) is 5.75 Å². The Hall–Kier alpha value is -1.55. The summed E-state index contributed by atoms with van der Waals surface area (Å²) in [7, 11) is 0. The highest BCUT2D eigenvalue weighted by molar-refractivity contribution is 5.77. The highest BCUT2D eigenvalue weighted by Gasteiger charge is 2.23. The summed E-state index contributed by atoms with van der Waals surface area (Å²) in [4.78, 5) is 13.7. The summed E-state index contributed by atoms with van der Waals surface area (Å²) in [6, 6.07) is 9.33. The zero-order valence-electron chi connectivity index (χ0n) is 10.4. The molecule has 1 amide bonds. The molecule has 18 heavy (non-hydrogen) atoms. The number of ether oxygens (including phenoxy) is 1. The number of aliphatic hydroxyl groups excluding tert-OH is 1. The SMILES string of the molecule is O=C(COc1ccccc1)N1CCCC(CO)C1. The van der Waals surface area contributed by atoms with Gasteiger partial charge in [0.2, 0.25) is 0 Å². The number of hydrogen-bond donors (Lipinski definition) is 1. The lowest BCUT2D eigenvalue weighted by Crippen LogP contribution is -2.43. The molecule has 98 valence electrons. The van der Waals surface area contributed by atoms with E-state index in [0.717, 1.165) is 19.4 Å². The van der Waals surface area contributed by atoms with Crippen molar-refractivity contribution in [1.82, 2.24) is 4.90 Å². The largest absolute Gasteiger partial charge is 0.484 e. The molecule has 1 aromatic rings. The molecule has 0 aliphatic carbocycles. The average Bonchev–Trinajstić information content (AvgIpc) is 2.46. The van der Waals surface area contributed by atoms with Crippen LogP contribution in [0, 0.1) is 5.92 Å². The van der Waals surface area contributed by atoms with Crippen LogP contribution in [0.1, 0.15) is 12.8 Å². The molecule has 1 aliphatic rings. The number of aliphatic hydroxyl groups is 1. The van der Waals surface area contributed by atoms with E-state index in [9.17, 15) is 4.79 Å². The Bertz CT molecular complexity index is 380. The first kappa shape index (κ1) is 12.9. The first-order chi connectivity index (χ1) is 8.79. The smallest absolute Gasteiger partial charge is 0.260 e. The van der Waals surface area contributed by atoms with E-state index in [-0.39, 0.29) is 25.0 Å². The fourth-order valence-corrected chi connectivity index (χ4v) is 2.19. The van der Waals surface area contributed by atoms with Crippen LogP contribution in [0.3, 0.4) is 0 Å². The maximum absolute atomic E-state index is 12.0. The molecular weight excluding hydrogens is 230 g/mol. The van der Waals surface area contributed by atoms with Gasteiger partial charge in [0.05, 0.1) is 0 Å². The second-order valence-electron chi connectivity index (χ2n) is 4.63. The van der Waals surface area contributed by atoms with Gasteiger partial charge in [-0.1, -0.05) is 18.2 Å². The highest BCUT2D eigenvalue weighted by atomic mass is 16.5.